The largest absolute Gasteiger partial charge is 0.548 e. The normalized spacial score (nSPS) is 20.4. The molecule has 0 unspecified atom stereocenters. The lowest BCUT2D eigenvalue weighted by Gasteiger charge is -2.27. The van der Waals surface area contributed by atoms with Crippen molar-refractivity contribution in [2.24, 2.45) is 0 Å². The third-order valence-corrected chi connectivity index (χ3v) is 4.81. The molecule has 24 heavy (non-hydrogen) atoms. The molecule has 1 amide bonds. The third-order valence-electron chi connectivity index (χ3n) is 4.81. The number of carboxylic acids is 1. The molecule has 0 saturated heterocycles. The van der Waals surface area contributed by atoms with Crippen LogP contribution in [0.25, 0.3) is 0 Å². The lowest BCUT2D eigenvalue weighted by atomic mass is 9.91. The minimum atomic E-state index is -1.34. The van der Waals surface area contributed by atoms with E-state index in [1.165, 1.54) is 71.1 Å². The first kappa shape index (κ1) is 20.7. The molecule has 0 radical (unpaired) electrons. The van der Waals surface area contributed by atoms with E-state index in [-0.39, 0.29) is 6.61 Å². The van der Waals surface area contributed by atoms with Crippen LogP contribution in [-0.4, -0.2) is 36.8 Å². The molecule has 0 bridgehead atoms. The van der Waals surface area contributed by atoms with Crippen molar-refractivity contribution in [2.45, 2.75) is 96.2 Å². The number of aliphatic carboxylic acids is 1. The molecule has 0 aromatic heterocycles. The number of amides is 1. The summed E-state index contributed by atoms with van der Waals surface area (Å²) in [6.45, 7) is 3.14. The lowest BCUT2D eigenvalue weighted by Crippen LogP contribution is -2.95. The van der Waals surface area contributed by atoms with Gasteiger partial charge in [0.05, 0.1) is 30.7 Å². The van der Waals surface area contributed by atoms with E-state index >= 15 is 0 Å². The van der Waals surface area contributed by atoms with E-state index in [0.29, 0.717) is 0 Å². The van der Waals surface area contributed by atoms with Gasteiger partial charge in [0, 0.05) is 0 Å². The van der Waals surface area contributed by atoms with E-state index < -0.39 is 18.1 Å². The number of carbonyl (C=O) groups is 2. The van der Waals surface area contributed by atoms with Crippen LogP contribution in [-0.2, 0) is 9.53 Å². The summed E-state index contributed by atoms with van der Waals surface area (Å²) in [7, 11) is 0. The molecule has 2 aliphatic carbocycles. The Balaban J connectivity index is 0.000000245. The van der Waals surface area contributed by atoms with Gasteiger partial charge in [-0.1, -0.05) is 12.8 Å². The lowest BCUT2D eigenvalue weighted by molar-refractivity contribution is -0.725. The summed E-state index contributed by atoms with van der Waals surface area (Å²) in [6.07, 6.45) is 14.2. The number of ether oxygens (including phenoxy) is 1. The van der Waals surface area contributed by atoms with Gasteiger partial charge in [0.1, 0.15) is 0 Å². The van der Waals surface area contributed by atoms with Crippen LogP contribution < -0.4 is 15.7 Å². The zero-order valence-corrected chi connectivity index (χ0v) is 15.2. The number of carboxylic acid groups (broad SMARTS) is 1. The molecule has 0 aromatic carbocycles. The minimum Gasteiger partial charge on any atom is -0.548 e. The fourth-order valence-corrected chi connectivity index (χ4v) is 3.45. The first-order valence-corrected chi connectivity index (χ1v) is 9.52. The Morgan fingerprint density at radius 1 is 1.04 bits per heavy atom. The first-order chi connectivity index (χ1) is 11.5. The number of nitrogens with two attached hydrogens (primary N) is 1. The van der Waals surface area contributed by atoms with Crippen LogP contribution in [0.2, 0.25) is 0 Å². The molecule has 0 spiro atoms. The molecule has 0 aromatic rings. The van der Waals surface area contributed by atoms with Crippen LogP contribution in [0, 0.1) is 0 Å². The molecule has 2 aliphatic rings. The van der Waals surface area contributed by atoms with Gasteiger partial charge >= 0.3 is 6.09 Å². The van der Waals surface area contributed by atoms with Crippen LogP contribution in [0.15, 0.2) is 0 Å². The van der Waals surface area contributed by atoms with Gasteiger partial charge < -0.3 is 25.3 Å². The Morgan fingerprint density at radius 3 is 1.88 bits per heavy atom. The minimum absolute atomic E-state index is 0.214. The molecule has 2 fully saturated rings. The maximum absolute atomic E-state index is 10.5. The number of rotatable bonds is 5. The molecule has 2 saturated carbocycles. The second-order valence-electron chi connectivity index (χ2n) is 6.89. The topological polar surface area (TPSA) is 95.1 Å². The van der Waals surface area contributed by atoms with E-state index in [2.05, 4.69) is 15.4 Å². The highest BCUT2D eigenvalue weighted by molar-refractivity contribution is 5.77. The van der Waals surface area contributed by atoms with E-state index in [4.69, 9.17) is 0 Å². The van der Waals surface area contributed by atoms with E-state index in [0.717, 1.165) is 12.1 Å². The van der Waals surface area contributed by atoms with Crippen molar-refractivity contribution in [3.8, 4) is 0 Å². The Labute approximate surface area is 145 Å². The third kappa shape index (κ3) is 9.11. The van der Waals surface area contributed by atoms with E-state index in [1.807, 2.05) is 0 Å². The molecular weight excluding hydrogens is 308 g/mol. The zero-order valence-electron chi connectivity index (χ0n) is 15.2. The van der Waals surface area contributed by atoms with Gasteiger partial charge in [0.2, 0.25) is 0 Å². The van der Waals surface area contributed by atoms with Crippen molar-refractivity contribution in [1.82, 2.24) is 5.32 Å². The molecule has 140 valence electrons. The molecule has 2 rings (SSSR count). The van der Waals surface area contributed by atoms with Crippen molar-refractivity contribution in [2.75, 3.05) is 6.61 Å². The maximum atomic E-state index is 10.5. The number of quaternary nitrogens is 1. The van der Waals surface area contributed by atoms with Crippen molar-refractivity contribution >= 4 is 12.1 Å². The van der Waals surface area contributed by atoms with Gasteiger partial charge in [-0.2, -0.15) is 0 Å². The summed E-state index contributed by atoms with van der Waals surface area (Å²) in [6, 6.07) is 0.975. The van der Waals surface area contributed by atoms with Crippen LogP contribution in [0.5, 0.6) is 0 Å². The average Bonchev–Trinajstić information content (AvgIpc) is 2.57. The van der Waals surface area contributed by atoms with Gasteiger partial charge in [0.25, 0.3) is 0 Å². The smallest absolute Gasteiger partial charge is 0.407 e. The second kappa shape index (κ2) is 12.1. The zero-order chi connectivity index (χ0) is 17.8. The highest BCUT2D eigenvalue weighted by atomic mass is 16.5. The van der Waals surface area contributed by atoms with E-state index in [9.17, 15) is 14.7 Å². The van der Waals surface area contributed by atoms with Gasteiger partial charge in [-0.3, -0.25) is 0 Å². The fraction of sp³-hybridized carbons (Fsp3) is 0.889. The highest BCUT2D eigenvalue weighted by Crippen LogP contribution is 2.18. The quantitative estimate of drug-likeness (QED) is 0.782. The Morgan fingerprint density at radius 2 is 1.50 bits per heavy atom. The Bertz CT molecular complexity index is 348. The summed E-state index contributed by atoms with van der Waals surface area (Å²) in [4.78, 5) is 20.6. The second-order valence-corrected chi connectivity index (χ2v) is 6.89. The van der Waals surface area contributed by atoms with Gasteiger partial charge in [0.15, 0.2) is 0 Å². The summed E-state index contributed by atoms with van der Waals surface area (Å²) in [5.74, 6) is -1.34. The van der Waals surface area contributed by atoms with Crippen LogP contribution in [0.4, 0.5) is 4.79 Å². The number of hydrogen-bond donors (Lipinski definition) is 2. The van der Waals surface area contributed by atoms with E-state index in [1.54, 1.807) is 6.92 Å². The van der Waals surface area contributed by atoms with Crippen molar-refractivity contribution in [1.29, 1.82) is 0 Å². The standard InChI is InChI=1S/C12H23N.C6H11NO4/c1-3-7-11(8-4-1)13-12-9-5-2-6-10-12;1-3-11-6(10)7-4(2)5(8)9/h11-13H,1-10H2;4H,3H2,1-2H3,(H,7,10)(H,8,9)/t;4-/m.0/s1. The molecule has 1 atom stereocenters. The summed E-state index contributed by atoms with van der Waals surface area (Å²) in [5.41, 5.74) is 0. The highest BCUT2D eigenvalue weighted by Gasteiger charge is 2.22. The van der Waals surface area contributed by atoms with Crippen LogP contribution in [0.3, 0.4) is 0 Å². The summed E-state index contributed by atoms with van der Waals surface area (Å²) in [5, 5.41) is 14.8. The first-order valence-electron chi connectivity index (χ1n) is 9.52. The molecule has 0 heterocycles. The molecule has 6 heteroatoms. The van der Waals surface area contributed by atoms with Crippen molar-refractivity contribution < 1.29 is 24.7 Å². The molecule has 3 N–H and O–H groups in total. The van der Waals surface area contributed by atoms with Crippen LogP contribution in [0.1, 0.15) is 78.1 Å². The predicted octanol–water partition coefficient (Wildman–Crippen LogP) is 1.09. The monoisotopic (exact) mass is 342 g/mol. The number of carbonyl (C=O) groups excluding carboxylic acids is 2. The van der Waals surface area contributed by atoms with Crippen molar-refractivity contribution in [3.63, 3.8) is 0 Å². The number of nitrogens with one attached hydrogen (secondary N) is 1. The van der Waals surface area contributed by atoms with Gasteiger partial charge in [-0.25, -0.2) is 4.79 Å². The fourth-order valence-electron chi connectivity index (χ4n) is 3.45. The van der Waals surface area contributed by atoms with Gasteiger partial charge in [-0.15, -0.1) is 0 Å². The molecule has 0 aliphatic heterocycles. The predicted molar refractivity (Wildman–Crippen MR) is 90.3 cm³/mol. The molecular formula is C18H34N2O4. The SMILES string of the molecule is C1CCC([NH2+]C2CCCCC2)CC1.CCOC(=O)N[C@@H](C)C(=O)[O-]. The Hall–Kier alpha value is -1.30. The van der Waals surface area contributed by atoms with Crippen molar-refractivity contribution in [3.05, 3.63) is 0 Å². The number of hydrogen-bond acceptors (Lipinski definition) is 4. The summed E-state index contributed by atoms with van der Waals surface area (Å²) < 4.78 is 4.42. The average molecular weight is 342 g/mol. The van der Waals surface area contributed by atoms with Gasteiger partial charge in [-0.05, 0) is 65.2 Å². The molecule has 6 nitrogen and oxygen atoms in total. The summed E-state index contributed by atoms with van der Waals surface area (Å²) >= 11 is 0. The number of alkyl carbamates (subject to hydrolysis) is 1. The van der Waals surface area contributed by atoms with Crippen LogP contribution >= 0.6 is 0 Å². The maximum Gasteiger partial charge on any atom is 0.407 e. The Kier molecular flexibility index (Phi) is 10.5.